The molecular weight excluding hydrogens is 351 g/mol. The van der Waals surface area contributed by atoms with Crippen LogP contribution in [0.15, 0.2) is 36.4 Å². The van der Waals surface area contributed by atoms with Gasteiger partial charge in [-0.2, -0.15) is 0 Å². The van der Waals surface area contributed by atoms with Crippen LogP contribution in [0.1, 0.15) is 51.3 Å². The van der Waals surface area contributed by atoms with E-state index in [0.29, 0.717) is 5.56 Å². The van der Waals surface area contributed by atoms with Gasteiger partial charge in [0.15, 0.2) is 0 Å². The van der Waals surface area contributed by atoms with E-state index in [2.05, 4.69) is 10.6 Å². The van der Waals surface area contributed by atoms with Gasteiger partial charge >= 0.3 is 0 Å². The SMILES string of the molecule is C/C(=C\C(=O)NC(C)C)c1cc(C)c(-c2ccc(NC(C)C)cc2F)cc1C. The molecule has 0 atom stereocenters. The van der Waals surface area contributed by atoms with Crippen molar-refractivity contribution in [2.24, 2.45) is 0 Å². The maximum Gasteiger partial charge on any atom is 0.244 e. The van der Waals surface area contributed by atoms with E-state index in [0.717, 1.165) is 33.5 Å². The van der Waals surface area contributed by atoms with Gasteiger partial charge in [0, 0.05) is 29.4 Å². The third kappa shape index (κ3) is 5.44. The van der Waals surface area contributed by atoms with Crippen molar-refractivity contribution >= 4 is 17.2 Å². The fourth-order valence-corrected chi connectivity index (χ4v) is 3.29. The third-order valence-electron chi connectivity index (χ3n) is 4.49. The van der Waals surface area contributed by atoms with Gasteiger partial charge in [-0.3, -0.25) is 4.79 Å². The van der Waals surface area contributed by atoms with E-state index in [9.17, 15) is 9.18 Å². The topological polar surface area (TPSA) is 41.1 Å². The molecule has 0 heterocycles. The highest BCUT2D eigenvalue weighted by molar-refractivity contribution is 5.95. The lowest BCUT2D eigenvalue weighted by Gasteiger charge is -2.15. The summed E-state index contributed by atoms with van der Waals surface area (Å²) in [6, 6.07) is 9.63. The van der Waals surface area contributed by atoms with E-state index in [4.69, 9.17) is 0 Å². The summed E-state index contributed by atoms with van der Waals surface area (Å²) in [5, 5.41) is 6.09. The second kappa shape index (κ2) is 9.05. The maximum absolute atomic E-state index is 14.7. The summed E-state index contributed by atoms with van der Waals surface area (Å²) in [7, 11) is 0. The highest BCUT2D eigenvalue weighted by atomic mass is 19.1. The third-order valence-corrected chi connectivity index (χ3v) is 4.49. The summed E-state index contributed by atoms with van der Waals surface area (Å²) in [6.45, 7) is 13.8. The maximum atomic E-state index is 14.7. The molecule has 0 radical (unpaired) electrons. The molecule has 0 bridgehead atoms. The number of benzene rings is 2. The highest BCUT2D eigenvalue weighted by Crippen LogP contribution is 2.32. The van der Waals surface area contributed by atoms with E-state index >= 15 is 0 Å². The van der Waals surface area contributed by atoms with Gasteiger partial charge in [-0.1, -0.05) is 12.1 Å². The van der Waals surface area contributed by atoms with Crippen LogP contribution >= 0.6 is 0 Å². The Morgan fingerprint density at radius 1 is 0.964 bits per heavy atom. The molecule has 2 aromatic carbocycles. The molecular formula is C24H31FN2O. The van der Waals surface area contributed by atoms with E-state index < -0.39 is 0 Å². The Labute approximate surface area is 168 Å². The van der Waals surface area contributed by atoms with Gasteiger partial charge in [-0.15, -0.1) is 0 Å². The number of anilines is 1. The molecule has 150 valence electrons. The van der Waals surface area contributed by atoms with Crippen LogP contribution in [0.25, 0.3) is 16.7 Å². The normalized spacial score (nSPS) is 11.9. The summed E-state index contributed by atoms with van der Waals surface area (Å²) >= 11 is 0. The van der Waals surface area contributed by atoms with Crippen molar-refractivity contribution in [3.63, 3.8) is 0 Å². The molecule has 0 fully saturated rings. The first-order valence-electron chi connectivity index (χ1n) is 9.75. The van der Waals surface area contributed by atoms with Crippen molar-refractivity contribution in [2.45, 2.75) is 60.5 Å². The summed E-state index contributed by atoms with van der Waals surface area (Å²) in [6.07, 6.45) is 1.62. The van der Waals surface area contributed by atoms with Crippen LogP contribution in [0.3, 0.4) is 0 Å². The molecule has 0 aliphatic heterocycles. The summed E-state index contributed by atoms with van der Waals surface area (Å²) in [5.41, 5.74) is 6.10. The van der Waals surface area contributed by atoms with Crippen molar-refractivity contribution < 1.29 is 9.18 Å². The number of hydrogen-bond acceptors (Lipinski definition) is 2. The van der Waals surface area contributed by atoms with Gasteiger partial charge in [0.25, 0.3) is 0 Å². The molecule has 2 aromatic rings. The number of carbonyl (C=O) groups excluding carboxylic acids is 1. The molecule has 0 aliphatic carbocycles. The molecule has 0 aromatic heterocycles. The van der Waals surface area contributed by atoms with Gasteiger partial charge in [-0.05, 0) is 94.5 Å². The van der Waals surface area contributed by atoms with Crippen LogP contribution in [-0.4, -0.2) is 18.0 Å². The van der Waals surface area contributed by atoms with Crippen molar-refractivity contribution in [3.8, 4) is 11.1 Å². The summed E-state index contributed by atoms with van der Waals surface area (Å²) < 4.78 is 14.7. The Balaban J connectivity index is 2.39. The van der Waals surface area contributed by atoms with Crippen LogP contribution in [0.4, 0.5) is 10.1 Å². The first-order valence-corrected chi connectivity index (χ1v) is 9.75. The molecule has 0 unspecified atom stereocenters. The minimum Gasteiger partial charge on any atom is -0.383 e. The number of carbonyl (C=O) groups is 1. The number of rotatable bonds is 6. The van der Waals surface area contributed by atoms with E-state index in [1.807, 2.05) is 72.7 Å². The fraction of sp³-hybridized carbons (Fsp3) is 0.375. The first kappa shape index (κ1) is 21.7. The zero-order chi connectivity index (χ0) is 21.0. The van der Waals surface area contributed by atoms with E-state index in [1.165, 1.54) is 0 Å². The average Bonchev–Trinajstić information content (AvgIpc) is 2.55. The number of hydrogen-bond donors (Lipinski definition) is 2. The average molecular weight is 383 g/mol. The minimum absolute atomic E-state index is 0.0953. The van der Waals surface area contributed by atoms with Crippen molar-refractivity contribution in [1.29, 1.82) is 0 Å². The molecule has 0 saturated carbocycles. The minimum atomic E-state index is -0.246. The Kier molecular flexibility index (Phi) is 7.00. The number of aryl methyl sites for hydroxylation is 2. The number of amides is 1. The largest absolute Gasteiger partial charge is 0.383 e. The first-order chi connectivity index (χ1) is 13.1. The van der Waals surface area contributed by atoms with Gasteiger partial charge in [-0.25, -0.2) is 4.39 Å². The van der Waals surface area contributed by atoms with Gasteiger partial charge < -0.3 is 10.6 Å². The second-order valence-corrected chi connectivity index (χ2v) is 7.97. The summed E-state index contributed by atoms with van der Waals surface area (Å²) in [4.78, 5) is 12.0. The standard InChI is InChI=1S/C24H31FN2O/c1-14(2)26-19-8-9-20(23(25)13-19)22-11-16(5)21(10-17(22)6)18(7)12-24(28)27-15(3)4/h8-15,26H,1-7H3,(H,27,28)/b18-12+. The van der Waals surface area contributed by atoms with Gasteiger partial charge in [0.05, 0.1) is 0 Å². The van der Waals surface area contributed by atoms with Crippen molar-refractivity contribution in [3.05, 3.63) is 58.9 Å². The highest BCUT2D eigenvalue weighted by Gasteiger charge is 2.13. The molecule has 1 amide bonds. The Bertz CT molecular complexity index is 898. The number of nitrogens with one attached hydrogen (secondary N) is 2. The van der Waals surface area contributed by atoms with Gasteiger partial charge in [0.1, 0.15) is 5.82 Å². The van der Waals surface area contributed by atoms with Crippen LogP contribution in [0.5, 0.6) is 0 Å². The van der Waals surface area contributed by atoms with Crippen LogP contribution < -0.4 is 10.6 Å². The van der Waals surface area contributed by atoms with Crippen LogP contribution in [0.2, 0.25) is 0 Å². The van der Waals surface area contributed by atoms with E-state index in [1.54, 1.807) is 12.1 Å². The molecule has 28 heavy (non-hydrogen) atoms. The molecule has 4 heteroatoms. The van der Waals surface area contributed by atoms with Crippen molar-refractivity contribution in [2.75, 3.05) is 5.32 Å². The molecule has 2 N–H and O–H groups in total. The molecule has 0 spiro atoms. The lowest BCUT2D eigenvalue weighted by atomic mass is 9.91. The number of allylic oxidation sites excluding steroid dienone is 1. The van der Waals surface area contributed by atoms with Gasteiger partial charge in [0.2, 0.25) is 5.91 Å². The Morgan fingerprint density at radius 2 is 1.64 bits per heavy atom. The summed E-state index contributed by atoms with van der Waals surface area (Å²) in [5.74, 6) is -0.350. The molecule has 0 aliphatic rings. The van der Waals surface area contributed by atoms with Crippen LogP contribution in [-0.2, 0) is 4.79 Å². The predicted molar refractivity (Wildman–Crippen MR) is 117 cm³/mol. The number of halogens is 1. The second-order valence-electron chi connectivity index (χ2n) is 7.97. The zero-order valence-electron chi connectivity index (χ0n) is 17.9. The van der Waals surface area contributed by atoms with Crippen LogP contribution in [0, 0.1) is 19.7 Å². The molecule has 3 nitrogen and oxygen atoms in total. The lowest BCUT2D eigenvalue weighted by molar-refractivity contribution is -0.116. The van der Waals surface area contributed by atoms with Crippen molar-refractivity contribution in [1.82, 2.24) is 5.32 Å². The monoisotopic (exact) mass is 382 g/mol. The quantitative estimate of drug-likeness (QED) is 0.615. The Morgan fingerprint density at radius 3 is 2.21 bits per heavy atom. The smallest absolute Gasteiger partial charge is 0.244 e. The Hall–Kier alpha value is -2.62. The predicted octanol–water partition coefficient (Wildman–Crippen LogP) is 5.86. The lowest BCUT2D eigenvalue weighted by Crippen LogP contribution is -2.28. The zero-order valence-corrected chi connectivity index (χ0v) is 17.9. The molecule has 0 saturated heterocycles. The molecule has 2 rings (SSSR count). The fourth-order valence-electron chi connectivity index (χ4n) is 3.29. The van der Waals surface area contributed by atoms with E-state index in [-0.39, 0.29) is 23.8 Å².